The van der Waals surface area contributed by atoms with Gasteiger partial charge in [0.05, 0.1) is 0 Å². The van der Waals surface area contributed by atoms with E-state index in [1.54, 1.807) is 0 Å². The highest BCUT2D eigenvalue weighted by molar-refractivity contribution is 5.74. The highest BCUT2D eigenvalue weighted by Crippen LogP contribution is 2.27. The predicted molar refractivity (Wildman–Crippen MR) is 96.8 cm³/mol. The molecule has 0 atom stereocenters. The SMILES string of the molecule is CCCc1ccc(OC(=O)COc2cc(C)ccc2C(C)C)cc1. The zero-order chi connectivity index (χ0) is 17.5. The van der Waals surface area contributed by atoms with E-state index < -0.39 is 5.97 Å². The van der Waals surface area contributed by atoms with Crippen LogP contribution in [0.1, 0.15) is 49.8 Å². The fourth-order valence-corrected chi connectivity index (χ4v) is 2.55. The summed E-state index contributed by atoms with van der Waals surface area (Å²) in [5.74, 6) is 1.24. The third-order valence-corrected chi connectivity index (χ3v) is 3.83. The van der Waals surface area contributed by atoms with Crippen molar-refractivity contribution < 1.29 is 14.3 Å². The molecular weight excluding hydrogens is 300 g/mol. The van der Waals surface area contributed by atoms with Crippen molar-refractivity contribution in [2.45, 2.75) is 46.5 Å². The molecule has 0 saturated heterocycles. The number of esters is 1. The Kier molecular flexibility index (Phi) is 6.42. The van der Waals surface area contributed by atoms with Crippen LogP contribution in [0.2, 0.25) is 0 Å². The second-order valence-electron chi connectivity index (χ2n) is 6.35. The number of hydrogen-bond acceptors (Lipinski definition) is 3. The van der Waals surface area contributed by atoms with Crippen molar-refractivity contribution in [1.82, 2.24) is 0 Å². The Balaban J connectivity index is 1.95. The van der Waals surface area contributed by atoms with Crippen molar-refractivity contribution in [3.05, 3.63) is 59.2 Å². The Hall–Kier alpha value is -2.29. The highest BCUT2D eigenvalue weighted by atomic mass is 16.6. The molecule has 0 aliphatic rings. The molecule has 0 unspecified atom stereocenters. The average molecular weight is 326 g/mol. The molecule has 2 aromatic carbocycles. The minimum atomic E-state index is -0.394. The van der Waals surface area contributed by atoms with Gasteiger partial charge in [-0.15, -0.1) is 0 Å². The molecule has 24 heavy (non-hydrogen) atoms. The summed E-state index contributed by atoms with van der Waals surface area (Å²) in [5, 5.41) is 0. The molecule has 0 aliphatic heterocycles. The van der Waals surface area contributed by atoms with E-state index in [9.17, 15) is 4.79 Å². The maximum atomic E-state index is 12.0. The van der Waals surface area contributed by atoms with Gasteiger partial charge >= 0.3 is 5.97 Å². The lowest BCUT2D eigenvalue weighted by Gasteiger charge is -2.14. The molecule has 0 fully saturated rings. The van der Waals surface area contributed by atoms with E-state index in [1.807, 2.05) is 43.3 Å². The van der Waals surface area contributed by atoms with Gasteiger partial charge in [-0.05, 0) is 54.2 Å². The van der Waals surface area contributed by atoms with Gasteiger partial charge in [-0.1, -0.05) is 51.5 Å². The minimum absolute atomic E-state index is 0.0973. The molecular formula is C21H26O3. The molecule has 0 aromatic heterocycles. The van der Waals surface area contributed by atoms with Crippen LogP contribution in [0.5, 0.6) is 11.5 Å². The molecule has 0 bridgehead atoms. The summed E-state index contributed by atoms with van der Waals surface area (Å²) in [4.78, 5) is 12.0. The monoisotopic (exact) mass is 326 g/mol. The van der Waals surface area contributed by atoms with Crippen molar-refractivity contribution in [1.29, 1.82) is 0 Å². The van der Waals surface area contributed by atoms with Gasteiger partial charge in [0.15, 0.2) is 6.61 Å². The molecule has 0 aliphatic carbocycles. The lowest BCUT2D eigenvalue weighted by molar-refractivity contribution is -0.136. The predicted octanol–water partition coefficient (Wildman–Crippen LogP) is 5.06. The van der Waals surface area contributed by atoms with E-state index >= 15 is 0 Å². The van der Waals surface area contributed by atoms with Crippen LogP contribution in [0.15, 0.2) is 42.5 Å². The summed E-state index contributed by atoms with van der Waals surface area (Å²) in [6.07, 6.45) is 2.13. The topological polar surface area (TPSA) is 35.5 Å². The number of ether oxygens (including phenoxy) is 2. The van der Waals surface area contributed by atoms with E-state index in [-0.39, 0.29) is 6.61 Å². The quantitative estimate of drug-likeness (QED) is 0.527. The van der Waals surface area contributed by atoms with Gasteiger partial charge in [0.1, 0.15) is 11.5 Å². The van der Waals surface area contributed by atoms with Gasteiger partial charge in [0.25, 0.3) is 0 Å². The molecule has 0 radical (unpaired) electrons. The number of carbonyl (C=O) groups is 1. The van der Waals surface area contributed by atoms with Gasteiger partial charge in [-0.2, -0.15) is 0 Å². The molecule has 3 nitrogen and oxygen atoms in total. The molecule has 0 saturated carbocycles. The summed E-state index contributed by atoms with van der Waals surface area (Å²) in [6, 6.07) is 13.7. The van der Waals surface area contributed by atoms with Gasteiger partial charge in [-0.25, -0.2) is 4.79 Å². The van der Waals surface area contributed by atoms with Gasteiger partial charge in [0.2, 0.25) is 0 Å². The number of carbonyl (C=O) groups excluding carboxylic acids is 1. The van der Waals surface area contributed by atoms with Crippen LogP contribution >= 0.6 is 0 Å². The van der Waals surface area contributed by atoms with Gasteiger partial charge < -0.3 is 9.47 Å². The summed E-state index contributed by atoms with van der Waals surface area (Å²) >= 11 is 0. The summed E-state index contributed by atoms with van der Waals surface area (Å²) in [6.45, 7) is 8.26. The van der Waals surface area contributed by atoms with Crippen LogP contribution in [-0.4, -0.2) is 12.6 Å². The van der Waals surface area contributed by atoms with E-state index in [4.69, 9.17) is 9.47 Å². The fourth-order valence-electron chi connectivity index (χ4n) is 2.55. The molecule has 2 aromatic rings. The Labute approximate surface area is 144 Å². The van der Waals surface area contributed by atoms with Crippen molar-refractivity contribution in [2.24, 2.45) is 0 Å². The maximum Gasteiger partial charge on any atom is 0.349 e. The molecule has 2 rings (SSSR count). The Morgan fingerprint density at radius 1 is 1.08 bits per heavy atom. The van der Waals surface area contributed by atoms with Crippen LogP contribution in [-0.2, 0) is 11.2 Å². The molecule has 0 spiro atoms. The second-order valence-corrected chi connectivity index (χ2v) is 6.35. The Morgan fingerprint density at radius 3 is 2.42 bits per heavy atom. The zero-order valence-electron chi connectivity index (χ0n) is 15.0. The lowest BCUT2D eigenvalue weighted by Crippen LogP contribution is -2.18. The van der Waals surface area contributed by atoms with Crippen LogP contribution in [0.4, 0.5) is 0 Å². The Morgan fingerprint density at radius 2 is 1.79 bits per heavy atom. The van der Waals surface area contributed by atoms with Crippen molar-refractivity contribution in [2.75, 3.05) is 6.61 Å². The first-order valence-corrected chi connectivity index (χ1v) is 8.52. The van der Waals surface area contributed by atoms with Gasteiger partial charge in [-0.3, -0.25) is 0 Å². The molecule has 3 heteroatoms. The number of benzene rings is 2. The van der Waals surface area contributed by atoms with E-state index in [1.165, 1.54) is 5.56 Å². The third kappa shape index (κ3) is 5.12. The van der Waals surface area contributed by atoms with E-state index in [0.29, 0.717) is 11.7 Å². The molecule has 0 heterocycles. The molecule has 128 valence electrons. The van der Waals surface area contributed by atoms with E-state index in [2.05, 4.69) is 26.8 Å². The van der Waals surface area contributed by atoms with Crippen molar-refractivity contribution in [3.8, 4) is 11.5 Å². The summed E-state index contributed by atoms with van der Waals surface area (Å²) in [7, 11) is 0. The summed E-state index contributed by atoms with van der Waals surface area (Å²) in [5.41, 5.74) is 3.45. The van der Waals surface area contributed by atoms with Crippen LogP contribution in [0, 0.1) is 6.92 Å². The first-order chi connectivity index (χ1) is 11.5. The average Bonchev–Trinajstić information content (AvgIpc) is 2.55. The largest absolute Gasteiger partial charge is 0.482 e. The van der Waals surface area contributed by atoms with E-state index in [0.717, 1.165) is 29.7 Å². The Bertz CT molecular complexity index is 672. The third-order valence-electron chi connectivity index (χ3n) is 3.83. The van der Waals surface area contributed by atoms with Crippen molar-refractivity contribution in [3.63, 3.8) is 0 Å². The van der Waals surface area contributed by atoms with Gasteiger partial charge in [0, 0.05) is 0 Å². The molecule has 0 N–H and O–H groups in total. The fraction of sp³-hybridized carbons (Fsp3) is 0.381. The number of aryl methyl sites for hydroxylation is 2. The van der Waals surface area contributed by atoms with Crippen molar-refractivity contribution >= 4 is 5.97 Å². The minimum Gasteiger partial charge on any atom is -0.482 e. The number of rotatable bonds is 7. The normalized spacial score (nSPS) is 10.7. The standard InChI is InChI=1S/C21H26O3/c1-5-6-17-8-10-18(11-9-17)24-21(22)14-23-20-13-16(4)7-12-19(20)15(2)3/h7-13,15H,5-6,14H2,1-4H3. The zero-order valence-corrected chi connectivity index (χ0v) is 15.0. The lowest BCUT2D eigenvalue weighted by atomic mass is 10.0. The number of hydrogen-bond donors (Lipinski definition) is 0. The maximum absolute atomic E-state index is 12.0. The van der Waals surface area contributed by atoms with Crippen LogP contribution in [0.25, 0.3) is 0 Å². The highest BCUT2D eigenvalue weighted by Gasteiger charge is 2.11. The first-order valence-electron chi connectivity index (χ1n) is 8.52. The van der Waals surface area contributed by atoms with Crippen LogP contribution in [0.3, 0.4) is 0 Å². The van der Waals surface area contributed by atoms with Crippen LogP contribution < -0.4 is 9.47 Å². The summed E-state index contributed by atoms with van der Waals surface area (Å²) < 4.78 is 11.0. The molecule has 0 amide bonds. The second kappa shape index (κ2) is 8.53. The first kappa shape index (κ1) is 18.1. The smallest absolute Gasteiger partial charge is 0.349 e.